The highest BCUT2D eigenvalue weighted by atomic mass is 79.9. The summed E-state index contributed by atoms with van der Waals surface area (Å²) in [6.45, 7) is 2.04. The number of hydrogen-bond donors (Lipinski definition) is 2. The molecule has 0 aliphatic carbocycles. The molecule has 1 atom stereocenters. The Morgan fingerprint density at radius 2 is 2.04 bits per heavy atom. The van der Waals surface area contributed by atoms with Crippen LogP contribution in [0.4, 0.5) is 5.82 Å². The van der Waals surface area contributed by atoms with Crippen LogP contribution in [0.1, 0.15) is 28.9 Å². The Kier molecular flexibility index (Phi) is 6.07. The van der Waals surface area contributed by atoms with Crippen LogP contribution in [0, 0.1) is 0 Å². The molecule has 1 amide bonds. The summed E-state index contributed by atoms with van der Waals surface area (Å²) in [5.74, 6) is -1.16. The van der Waals surface area contributed by atoms with E-state index in [-0.39, 0.29) is 11.5 Å². The summed E-state index contributed by atoms with van der Waals surface area (Å²) in [6.07, 6.45) is 4.21. The lowest BCUT2D eigenvalue weighted by Crippen LogP contribution is -2.24. The summed E-state index contributed by atoms with van der Waals surface area (Å²) in [5, 5.41) is 20.8. The van der Waals surface area contributed by atoms with Gasteiger partial charge in [-0.2, -0.15) is 10.2 Å². The topological polar surface area (TPSA) is 102 Å². The van der Waals surface area contributed by atoms with Gasteiger partial charge in [0.1, 0.15) is 6.04 Å². The fourth-order valence-corrected chi connectivity index (χ4v) is 3.12. The molecule has 146 valence electrons. The first kappa shape index (κ1) is 20.4. The number of carboxylic acid groups (broad SMARTS) is 1. The van der Waals surface area contributed by atoms with Crippen molar-refractivity contribution in [3.63, 3.8) is 0 Å². The predicted molar refractivity (Wildman–Crippen MR) is 108 cm³/mol. The second-order valence-corrected chi connectivity index (χ2v) is 7.62. The van der Waals surface area contributed by atoms with Crippen molar-refractivity contribution in [2.75, 3.05) is 5.32 Å². The highest BCUT2D eigenvalue weighted by Gasteiger charge is 2.20. The first-order chi connectivity index (χ1) is 13.2. The number of anilines is 1. The number of nitrogens with one attached hydrogen (secondary N) is 1. The molecule has 11 heteroatoms. The van der Waals surface area contributed by atoms with Crippen molar-refractivity contribution in [1.29, 1.82) is 0 Å². The normalized spacial score (nSPS) is 12.0. The lowest BCUT2D eigenvalue weighted by atomic mass is 10.2. The summed E-state index contributed by atoms with van der Waals surface area (Å²) in [7, 11) is 0. The van der Waals surface area contributed by atoms with Crippen LogP contribution in [0.2, 0.25) is 10.0 Å². The number of aromatic carboxylic acids is 1. The van der Waals surface area contributed by atoms with Gasteiger partial charge in [-0.15, -0.1) is 0 Å². The molecule has 0 saturated heterocycles. The second kappa shape index (κ2) is 8.34. The van der Waals surface area contributed by atoms with Gasteiger partial charge in [-0.3, -0.25) is 14.2 Å². The number of halogens is 3. The van der Waals surface area contributed by atoms with Crippen molar-refractivity contribution in [3.05, 3.63) is 62.4 Å². The Morgan fingerprint density at radius 1 is 1.29 bits per heavy atom. The third-order valence-corrected chi connectivity index (χ3v) is 5.23. The average molecular weight is 487 g/mol. The molecular formula is C17H14BrCl2N5O3. The molecule has 1 aromatic carbocycles. The van der Waals surface area contributed by atoms with E-state index in [2.05, 4.69) is 31.4 Å². The molecule has 3 aromatic rings. The Balaban J connectivity index is 1.70. The van der Waals surface area contributed by atoms with Gasteiger partial charge in [-0.1, -0.05) is 29.3 Å². The molecule has 1 unspecified atom stereocenters. The van der Waals surface area contributed by atoms with Crippen molar-refractivity contribution in [2.45, 2.75) is 19.5 Å². The lowest BCUT2D eigenvalue weighted by molar-refractivity contribution is -0.119. The van der Waals surface area contributed by atoms with E-state index in [0.717, 1.165) is 5.56 Å². The maximum atomic E-state index is 12.5. The van der Waals surface area contributed by atoms with Gasteiger partial charge in [0, 0.05) is 12.4 Å². The minimum absolute atomic E-state index is 0.00623. The minimum atomic E-state index is -1.11. The molecule has 8 nitrogen and oxygen atoms in total. The van der Waals surface area contributed by atoms with Gasteiger partial charge in [0.05, 0.1) is 32.8 Å². The zero-order valence-electron chi connectivity index (χ0n) is 14.4. The fourth-order valence-electron chi connectivity index (χ4n) is 2.39. The number of nitrogens with zero attached hydrogens (tertiary/aromatic N) is 4. The van der Waals surface area contributed by atoms with Crippen molar-refractivity contribution < 1.29 is 14.7 Å². The number of carboxylic acids is 1. The van der Waals surface area contributed by atoms with Crippen molar-refractivity contribution in [3.8, 4) is 0 Å². The number of carbonyl (C=O) groups excluding carboxylic acids is 1. The molecule has 0 aliphatic rings. The number of carbonyl (C=O) groups is 2. The zero-order chi connectivity index (χ0) is 20.4. The van der Waals surface area contributed by atoms with Crippen molar-refractivity contribution in [2.24, 2.45) is 0 Å². The number of rotatable bonds is 6. The molecular weight excluding hydrogens is 473 g/mol. The molecule has 0 spiro atoms. The Morgan fingerprint density at radius 3 is 2.68 bits per heavy atom. The SMILES string of the molecule is CC(C(=O)Nc1nn(Cc2ccc(Cl)c(Cl)c2)cc1Br)n1cc(C(=O)O)cn1. The molecule has 0 radical (unpaired) electrons. The van der Waals surface area contributed by atoms with Crippen LogP contribution in [0.5, 0.6) is 0 Å². The summed E-state index contributed by atoms with van der Waals surface area (Å²) in [4.78, 5) is 23.4. The van der Waals surface area contributed by atoms with Gasteiger partial charge in [0.25, 0.3) is 0 Å². The van der Waals surface area contributed by atoms with Crippen LogP contribution in [0.25, 0.3) is 0 Å². The van der Waals surface area contributed by atoms with Crippen LogP contribution in [0.15, 0.2) is 41.3 Å². The monoisotopic (exact) mass is 485 g/mol. The summed E-state index contributed by atoms with van der Waals surface area (Å²) in [5.41, 5.74) is 0.903. The van der Waals surface area contributed by atoms with E-state index in [9.17, 15) is 9.59 Å². The largest absolute Gasteiger partial charge is 0.478 e. The highest BCUT2D eigenvalue weighted by Crippen LogP contribution is 2.25. The standard InChI is InChI=1S/C17H14BrCl2N5O3/c1-9(25-7-11(5-21-25)17(27)28)16(26)22-15-12(18)8-24(23-15)6-10-2-3-13(19)14(20)4-10/h2-5,7-9H,6H2,1H3,(H,27,28)(H,22,23,26). The van der Waals surface area contributed by atoms with E-state index in [1.165, 1.54) is 17.1 Å². The third kappa shape index (κ3) is 4.54. The van der Waals surface area contributed by atoms with Gasteiger partial charge >= 0.3 is 5.97 Å². The maximum absolute atomic E-state index is 12.5. The van der Waals surface area contributed by atoms with E-state index in [0.29, 0.717) is 26.9 Å². The number of hydrogen-bond acceptors (Lipinski definition) is 4. The van der Waals surface area contributed by atoms with E-state index >= 15 is 0 Å². The second-order valence-electron chi connectivity index (χ2n) is 5.95. The average Bonchev–Trinajstić information content (AvgIpc) is 3.25. The Labute approximate surface area is 178 Å². The summed E-state index contributed by atoms with van der Waals surface area (Å²) >= 11 is 15.3. The minimum Gasteiger partial charge on any atom is -0.478 e. The van der Waals surface area contributed by atoms with Crippen LogP contribution in [-0.2, 0) is 11.3 Å². The van der Waals surface area contributed by atoms with Crippen molar-refractivity contribution >= 4 is 56.8 Å². The predicted octanol–water partition coefficient (Wildman–Crippen LogP) is 4.10. The van der Waals surface area contributed by atoms with Gasteiger partial charge in [-0.05, 0) is 40.5 Å². The molecule has 0 aliphatic heterocycles. The summed E-state index contributed by atoms with van der Waals surface area (Å²) in [6, 6.07) is 4.57. The molecule has 3 rings (SSSR count). The highest BCUT2D eigenvalue weighted by molar-refractivity contribution is 9.10. The first-order valence-electron chi connectivity index (χ1n) is 8.00. The van der Waals surface area contributed by atoms with E-state index < -0.39 is 12.0 Å². The Bertz CT molecular complexity index is 1050. The Hall–Kier alpha value is -2.36. The molecule has 2 heterocycles. The number of amides is 1. The van der Waals surface area contributed by atoms with Crippen LogP contribution >= 0.6 is 39.1 Å². The van der Waals surface area contributed by atoms with Gasteiger partial charge < -0.3 is 10.4 Å². The smallest absolute Gasteiger partial charge is 0.338 e. The molecule has 2 N–H and O–H groups in total. The van der Waals surface area contributed by atoms with Gasteiger partial charge in [0.15, 0.2) is 5.82 Å². The molecule has 2 aromatic heterocycles. The van der Waals surface area contributed by atoms with Crippen LogP contribution < -0.4 is 5.32 Å². The van der Waals surface area contributed by atoms with E-state index in [1.807, 2.05) is 6.07 Å². The van der Waals surface area contributed by atoms with Crippen LogP contribution in [0.3, 0.4) is 0 Å². The molecule has 28 heavy (non-hydrogen) atoms. The third-order valence-electron chi connectivity index (χ3n) is 3.91. The summed E-state index contributed by atoms with van der Waals surface area (Å²) < 4.78 is 3.51. The molecule has 0 bridgehead atoms. The van der Waals surface area contributed by atoms with Gasteiger partial charge in [0.2, 0.25) is 5.91 Å². The van der Waals surface area contributed by atoms with E-state index in [4.69, 9.17) is 28.3 Å². The quantitative estimate of drug-likeness (QED) is 0.546. The van der Waals surface area contributed by atoms with Crippen molar-refractivity contribution in [1.82, 2.24) is 19.6 Å². The zero-order valence-corrected chi connectivity index (χ0v) is 17.5. The molecule has 0 fully saturated rings. The van der Waals surface area contributed by atoms with Crippen LogP contribution in [-0.4, -0.2) is 36.5 Å². The maximum Gasteiger partial charge on any atom is 0.338 e. The first-order valence-corrected chi connectivity index (χ1v) is 9.54. The van der Waals surface area contributed by atoms with Gasteiger partial charge in [-0.25, -0.2) is 4.79 Å². The van der Waals surface area contributed by atoms with E-state index in [1.54, 1.807) is 29.9 Å². The molecule has 0 saturated carbocycles. The fraction of sp³-hybridized carbons (Fsp3) is 0.176. The lowest BCUT2D eigenvalue weighted by Gasteiger charge is -2.11. The number of benzene rings is 1. The number of aromatic nitrogens is 4.